The maximum atomic E-state index is 12.3. The molecule has 3 aromatic rings. The lowest BCUT2D eigenvalue weighted by atomic mass is 10.0. The summed E-state index contributed by atoms with van der Waals surface area (Å²) in [5.74, 6) is 0.809. The molecule has 0 aliphatic carbocycles. The summed E-state index contributed by atoms with van der Waals surface area (Å²) in [7, 11) is 0. The Kier molecular flexibility index (Phi) is 6.07. The van der Waals surface area contributed by atoms with E-state index >= 15 is 0 Å². The molecule has 0 spiro atoms. The SMILES string of the molecule is C=CC(=O)N1CCCC(n2nc(-c3ccc(Oc4ccccc4)cc3)c(C(N)=O)c2C)C1. The molecule has 2 N–H and O–H groups in total. The molecule has 1 atom stereocenters. The maximum Gasteiger partial charge on any atom is 0.252 e. The van der Waals surface area contributed by atoms with Crippen LogP contribution in [0.3, 0.4) is 0 Å². The Bertz CT molecular complexity index is 1140. The minimum Gasteiger partial charge on any atom is -0.457 e. The maximum absolute atomic E-state index is 12.3. The van der Waals surface area contributed by atoms with Crippen molar-refractivity contribution in [2.75, 3.05) is 13.1 Å². The monoisotopic (exact) mass is 430 g/mol. The highest BCUT2D eigenvalue weighted by Crippen LogP contribution is 2.32. The third kappa shape index (κ3) is 4.27. The molecule has 7 heteroatoms. The molecular formula is C25H26N4O3. The number of primary amides is 1. The molecule has 0 saturated carbocycles. The van der Waals surface area contributed by atoms with E-state index in [0.29, 0.717) is 35.8 Å². The number of hydrogen-bond acceptors (Lipinski definition) is 4. The van der Waals surface area contributed by atoms with Crippen LogP contribution in [-0.2, 0) is 4.79 Å². The average Bonchev–Trinajstić information content (AvgIpc) is 3.17. The number of rotatable bonds is 6. The highest BCUT2D eigenvalue weighted by Gasteiger charge is 2.29. The molecule has 1 aliphatic heterocycles. The van der Waals surface area contributed by atoms with Crippen LogP contribution in [0.2, 0.25) is 0 Å². The third-order valence-electron chi connectivity index (χ3n) is 5.73. The predicted molar refractivity (Wildman–Crippen MR) is 122 cm³/mol. The van der Waals surface area contributed by atoms with Gasteiger partial charge in [0.1, 0.15) is 17.2 Å². The molecule has 1 aromatic heterocycles. The standard InChI is InChI=1S/C25H26N4O3/c1-3-22(30)28-15-7-8-19(16-28)29-17(2)23(25(26)31)24(27-29)18-11-13-21(14-12-18)32-20-9-5-4-6-10-20/h3-6,9-14,19H,1,7-8,15-16H2,2H3,(H2,26,31). The van der Waals surface area contributed by atoms with Gasteiger partial charge in [-0.05, 0) is 62.2 Å². The van der Waals surface area contributed by atoms with E-state index in [1.807, 2.05) is 66.2 Å². The van der Waals surface area contributed by atoms with E-state index in [1.165, 1.54) is 6.08 Å². The minimum absolute atomic E-state index is 0.0276. The Morgan fingerprint density at radius 1 is 1.12 bits per heavy atom. The molecule has 4 rings (SSSR count). The summed E-state index contributed by atoms with van der Waals surface area (Å²) in [4.78, 5) is 26.2. The summed E-state index contributed by atoms with van der Waals surface area (Å²) >= 11 is 0. The number of carbonyl (C=O) groups excluding carboxylic acids is 2. The Balaban J connectivity index is 1.63. The lowest BCUT2D eigenvalue weighted by Gasteiger charge is -2.32. The number of para-hydroxylation sites is 1. The van der Waals surface area contributed by atoms with Crippen LogP contribution in [0.5, 0.6) is 11.5 Å². The zero-order chi connectivity index (χ0) is 22.7. The second-order valence-electron chi connectivity index (χ2n) is 7.84. The van der Waals surface area contributed by atoms with E-state index in [-0.39, 0.29) is 11.9 Å². The fraction of sp³-hybridized carbons (Fsp3) is 0.240. The molecule has 1 saturated heterocycles. The average molecular weight is 431 g/mol. The third-order valence-corrected chi connectivity index (χ3v) is 5.73. The number of nitrogens with two attached hydrogens (primary N) is 1. The molecule has 1 unspecified atom stereocenters. The molecule has 1 fully saturated rings. The predicted octanol–water partition coefficient (Wildman–Crippen LogP) is 4.10. The first-order valence-corrected chi connectivity index (χ1v) is 10.6. The first-order chi connectivity index (χ1) is 15.5. The molecule has 2 amide bonds. The van der Waals surface area contributed by atoms with Crippen LogP contribution in [0, 0.1) is 6.92 Å². The highest BCUT2D eigenvalue weighted by atomic mass is 16.5. The van der Waals surface area contributed by atoms with E-state index in [0.717, 1.165) is 24.2 Å². The molecule has 1 aliphatic rings. The van der Waals surface area contributed by atoms with Gasteiger partial charge in [-0.3, -0.25) is 14.3 Å². The van der Waals surface area contributed by atoms with Gasteiger partial charge in [-0.1, -0.05) is 24.8 Å². The van der Waals surface area contributed by atoms with Crippen LogP contribution >= 0.6 is 0 Å². The van der Waals surface area contributed by atoms with Crippen molar-refractivity contribution in [2.24, 2.45) is 5.73 Å². The number of benzene rings is 2. The fourth-order valence-electron chi connectivity index (χ4n) is 4.16. The molecule has 2 heterocycles. The Labute approximate surface area is 187 Å². The van der Waals surface area contributed by atoms with E-state index in [2.05, 4.69) is 6.58 Å². The second-order valence-corrected chi connectivity index (χ2v) is 7.84. The van der Waals surface area contributed by atoms with Crippen molar-refractivity contribution >= 4 is 11.8 Å². The number of piperidine rings is 1. The summed E-state index contributed by atoms with van der Waals surface area (Å²) in [6.45, 7) is 6.64. The van der Waals surface area contributed by atoms with Crippen molar-refractivity contribution in [3.63, 3.8) is 0 Å². The van der Waals surface area contributed by atoms with Crippen molar-refractivity contribution in [2.45, 2.75) is 25.8 Å². The first-order valence-electron chi connectivity index (χ1n) is 10.6. The summed E-state index contributed by atoms with van der Waals surface area (Å²) in [6, 6.07) is 16.9. The topological polar surface area (TPSA) is 90.4 Å². The largest absolute Gasteiger partial charge is 0.457 e. The van der Waals surface area contributed by atoms with E-state index in [9.17, 15) is 9.59 Å². The Morgan fingerprint density at radius 3 is 2.47 bits per heavy atom. The van der Waals surface area contributed by atoms with Crippen LogP contribution in [0.1, 0.15) is 34.9 Å². The van der Waals surface area contributed by atoms with Crippen LogP contribution in [0.4, 0.5) is 0 Å². The fourth-order valence-corrected chi connectivity index (χ4v) is 4.16. The Morgan fingerprint density at radius 2 is 1.81 bits per heavy atom. The van der Waals surface area contributed by atoms with E-state index in [4.69, 9.17) is 15.6 Å². The van der Waals surface area contributed by atoms with Gasteiger partial charge in [0, 0.05) is 24.3 Å². The van der Waals surface area contributed by atoms with Crippen molar-refractivity contribution in [1.82, 2.24) is 14.7 Å². The first kappa shape index (κ1) is 21.4. The normalized spacial score (nSPS) is 15.9. The van der Waals surface area contributed by atoms with Crippen molar-refractivity contribution in [1.29, 1.82) is 0 Å². The van der Waals surface area contributed by atoms with Crippen molar-refractivity contribution < 1.29 is 14.3 Å². The zero-order valence-corrected chi connectivity index (χ0v) is 18.0. The number of aromatic nitrogens is 2. The van der Waals surface area contributed by atoms with Gasteiger partial charge in [0.05, 0.1) is 11.6 Å². The van der Waals surface area contributed by atoms with Gasteiger partial charge in [0.2, 0.25) is 5.91 Å². The number of likely N-dealkylation sites (tertiary alicyclic amines) is 1. The lowest BCUT2D eigenvalue weighted by molar-refractivity contribution is -0.127. The molecule has 2 aromatic carbocycles. The smallest absolute Gasteiger partial charge is 0.252 e. The van der Waals surface area contributed by atoms with Gasteiger partial charge in [-0.2, -0.15) is 5.10 Å². The van der Waals surface area contributed by atoms with Gasteiger partial charge >= 0.3 is 0 Å². The number of amides is 2. The van der Waals surface area contributed by atoms with Crippen molar-refractivity contribution in [3.05, 3.63) is 78.5 Å². The molecule has 32 heavy (non-hydrogen) atoms. The molecular weight excluding hydrogens is 404 g/mol. The van der Waals surface area contributed by atoms with Crippen molar-refractivity contribution in [3.8, 4) is 22.8 Å². The number of nitrogens with zero attached hydrogens (tertiary/aromatic N) is 3. The van der Waals surface area contributed by atoms with Gasteiger partial charge in [-0.25, -0.2) is 0 Å². The molecule has 0 radical (unpaired) electrons. The van der Waals surface area contributed by atoms with E-state index in [1.54, 1.807) is 4.90 Å². The van der Waals surface area contributed by atoms with Gasteiger partial charge in [-0.15, -0.1) is 0 Å². The number of hydrogen-bond donors (Lipinski definition) is 1. The van der Waals surface area contributed by atoms with Gasteiger partial charge in [0.25, 0.3) is 5.91 Å². The zero-order valence-electron chi connectivity index (χ0n) is 18.0. The minimum atomic E-state index is -0.525. The lowest BCUT2D eigenvalue weighted by Crippen LogP contribution is -2.40. The molecule has 0 bridgehead atoms. The quantitative estimate of drug-likeness (QED) is 0.596. The van der Waals surface area contributed by atoms with Crippen LogP contribution in [-0.4, -0.2) is 39.6 Å². The number of carbonyl (C=O) groups is 2. The molecule has 7 nitrogen and oxygen atoms in total. The summed E-state index contributed by atoms with van der Waals surface area (Å²) in [5, 5.41) is 4.77. The van der Waals surface area contributed by atoms with Gasteiger partial charge < -0.3 is 15.4 Å². The summed E-state index contributed by atoms with van der Waals surface area (Å²) in [5.41, 5.74) is 8.14. The van der Waals surface area contributed by atoms with Gasteiger partial charge in [0.15, 0.2) is 0 Å². The second kappa shape index (κ2) is 9.09. The van der Waals surface area contributed by atoms with Crippen LogP contribution in [0.25, 0.3) is 11.3 Å². The van der Waals surface area contributed by atoms with E-state index < -0.39 is 5.91 Å². The number of ether oxygens (including phenoxy) is 1. The molecule has 164 valence electrons. The highest BCUT2D eigenvalue weighted by molar-refractivity contribution is 6.00. The Hall–Kier alpha value is -3.87. The van der Waals surface area contributed by atoms with Crippen LogP contribution < -0.4 is 10.5 Å². The summed E-state index contributed by atoms with van der Waals surface area (Å²) < 4.78 is 7.69. The summed E-state index contributed by atoms with van der Waals surface area (Å²) in [6.07, 6.45) is 3.05. The van der Waals surface area contributed by atoms with Crippen LogP contribution in [0.15, 0.2) is 67.3 Å².